The number of hydrogen-bond acceptors (Lipinski definition) is 2. The molecular weight excluding hydrogens is 200 g/mol. The molecule has 2 nitrogen and oxygen atoms in total. The van der Waals surface area contributed by atoms with Gasteiger partial charge in [-0.15, -0.1) is 0 Å². The minimum Gasteiger partial charge on any atom is -0.496 e. The SMILES string of the molecule is CCC(O)CCc1cc(C)c(OC)cc1C. The van der Waals surface area contributed by atoms with Crippen molar-refractivity contribution >= 4 is 0 Å². The van der Waals surface area contributed by atoms with Gasteiger partial charge in [0.25, 0.3) is 0 Å². The molecule has 0 aliphatic rings. The molecule has 1 aromatic rings. The third-order valence-corrected chi connectivity index (χ3v) is 3.07. The van der Waals surface area contributed by atoms with Crippen LogP contribution in [0.2, 0.25) is 0 Å². The Morgan fingerprint density at radius 1 is 1.25 bits per heavy atom. The Hall–Kier alpha value is -1.02. The molecule has 0 aliphatic carbocycles. The normalized spacial score (nSPS) is 12.6. The van der Waals surface area contributed by atoms with Crippen molar-refractivity contribution in [1.29, 1.82) is 0 Å². The fourth-order valence-corrected chi connectivity index (χ4v) is 1.86. The number of benzene rings is 1. The van der Waals surface area contributed by atoms with Crippen molar-refractivity contribution in [2.45, 2.75) is 46.1 Å². The fraction of sp³-hybridized carbons (Fsp3) is 0.571. The molecule has 0 amide bonds. The van der Waals surface area contributed by atoms with Gasteiger partial charge in [0.2, 0.25) is 0 Å². The topological polar surface area (TPSA) is 29.5 Å². The first-order chi connectivity index (χ1) is 7.58. The second-order valence-corrected chi connectivity index (χ2v) is 4.35. The Kier molecular flexibility index (Phi) is 4.81. The van der Waals surface area contributed by atoms with E-state index >= 15 is 0 Å². The van der Waals surface area contributed by atoms with Gasteiger partial charge in [-0.25, -0.2) is 0 Å². The van der Waals surface area contributed by atoms with E-state index in [1.165, 1.54) is 11.1 Å². The summed E-state index contributed by atoms with van der Waals surface area (Å²) in [7, 11) is 1.70. The number of ether oxygens (including phenoxy) is 1. The van der Waals surface area contributed by atoms with Gasteiger partial charge in [0.15, 0.2) is 0 Å². The monoisotopic (exact) mass is 222 g/mol. The summed E-state index contributed by atoms with van der Waals surface area (Å²) in [6.07, 6.45) is 2.42. The van der Waals surface area contributed by atoms with E-state index in [0.29, 0.717) is 0 Å². The Morgan fingerprint density at radius 2 is 1.94 bits per heavy atom. The first-order valence-corrected chi connectivity index (χ1v) is 5.90. The first kappa shape index (κ1) is 13.0. The first-order valence-electron chi connectivity index (χ1n) is 5.90. The molecule has 1 atom stereocenters. The van der Waals surface area contributed by atoms with Crippen molar-refractivity contribution in [3.63, 3.8) is 0 Å². The summed E-state index contributed by atoms with van der Waals surface area (Å²) in [6, 6.07) is 4.24. The predicted octanol–water partition coefficient (Wildman–Crippen LogP) is 3.02. The highest BCUT2D eigenvalue weighted by molar-refractivity contribution is 5.41. The van der Waals surface area contributed by atoms with Crippen molar-refractivity contribution in [3.05, 3.63) is 28.8 Å². The summed E-state index contributed by atoms with van der Waals surface area (Å²) in [5.41, 5.74) is 3.71. The minimum atomic E-state index is -0.179. The summed E-state index contributed by atoms with van der Waals surface area (Å²) < 4.78 is 5.28. The highest BCUT2D eigenvalue weighted by Gasteiger charge is 2.07. The number of methoxy groups -OCH3 is 1. The average molecular weight is 222 g/mol. The van der Waals surface area contributed by atoms with E-state index in [2.05, 4.69) is 26.0 Å². The van der Waals surface area contributed by atoms with Crippen LogP contribution in [-0.2, 0) is 6.42 Å². The van der Waals surface area contributed by atoms with E-state index in [-0.39, 0.29) is 6.10 Å². The van der Waals surface area contributed by atoms with Crippen LogP contribution in [0.1, 0.15) is 36.5 Å². The molecule has 90 valence electrons. The van der Waals surface area contributed by atoms with Crippen LogP contribution < -0.4 is 4.74 Å². The average Bonchev–Trinajstić information content (AvgIpc) is 2.29. The molecule has 16 heavy (non-hydrogen) atoms. The molecule has 0 fully saturated rings. The zero-order valence-electron chi connectivity index (χ0n) is 10.7. The summed E-state index contributed by atoms with van der Waals surface area (Å²) in [4.78, 5) is 0. The van der Waals surface area contributed by atoms with Gasteiger partial charge < -0.3 is 9.84 Å². The lowest BCUT2D eigenvalue weighted by Gasteiger charge is -2.13. The largest absolute Gasteiger partial charge is 0.496 e. The molecule has 0 saturated heterocycles. The van der Waals surface area contributed by atoms with Crippen LogP contribution in [0, 0.1) is 13.8 Å². The van der Waals surface area contributed by atoms with Crippen molar-refractivity contribution in [2.75, 3.05) is 7.11 Å². The second kappa shape index (κ2) is 5.90. The summed E-state index contributed by atoms with van der Waals surface area (Å²) in [5.74, 6) is 0.942. The molecule has 1 aromatic carbocycles. The molecule has 1 unspecified atom stereocenters. The summed E-state index contributed by atoms with van der Waals surface area (Å²) in [5, 5.41) is 9.56. The third kappa shape index (κ3) is 3.24. The maximum atomic E-state index is 9.56. The molecule has 1 rings (SSSR count). The van der Waals surface area contributed by atoms with Gasteiger partial charge in [-0.3, -0.25) is 0 Å². The molecule has 2 heteroatoms. The Morgan fingerprint density at radius 3 is 2.50 bits per heavy atom. The highest BCUT2D eigenvalue weighted by atomic mass is 16.5. The lowest BCUT2D eigenvalue weighted by molar-refractivity contribution is 0.160. The van der Waals surface area contributed by atoms with E-state index in [1.807, 2.05) is 6.92 Å². The molecule has 0 radical (unpaired) electrons. The van der Waals surface area contributed by atoms with E-state index in [9.17, 15) is 5.11 Å². The quantitative estimate of drug-likeness (QED) is 0.829. The van der Waals surface area contributed by atoms with Gasteiger partial charge in [0.1, 0.15) is 5.75 Å². The molecule has 0 bridgehead atoms. The number of aryl methyl sites for hydroxylation is 3. The van der Waals surface area contributed by atoms with E-state index in [0.717, 1.165) is 30.6 Å². The van der Waals surface area contributed by atoms with Crippen LogP contribution in [-0.4, -0.2) is 18.3 Å². The van der Waals surface area contributed by atoms with Gasteiger partial charge >= 0.3 is 0 Å². The number of rotatable bonds is 5. The molecule has 0 saturated carbocycles. The van der Waals surface area contributed by atoms with Gasteiger partial charge in [-0.2, -0.15) is 0 Å². The Bertz CT molecular complexity index is 345. The van der Waals surface area contributed by atoms with Crippen molar-refractivity contribution < 1.29 is 9.84 Å². The molecule has 0 spiro atoms. The predicted molar refractivity (Wildman–Crippen MR) is 67.1 cm³/mol. The summed E-state index contributed by atoms with van der Waals surface area (Å²) >= 11 is 0. The van der Waals surface area contributed by atoms with Crippen molar-refractivity contribution in [1.82, 2.24) is 0 Å². The van der Waals surface area contributed by atoms with Gasteiger partial charge in [-0.1, -0.05) is 13.0 Å². The van der Waals surface area contributed by atoms with Crippen LogP contribution in [0.15, 0.2) is 12.1 Å². The number of hydrogen-bond donors (Lipinski definition) is 1. The van der Waals surface area contributed by atoms with Gasteiger partial charge in [0, 0.05) is 0 Å². The minimum absolute atomic E-state index is 0.179. The fourth-order valence-electron chi connectivity index (χ4n) is 1.86. The zero-order valence-corrected chi connectivity index (χ0v) is 10.7. The smallest absolute Gasteiger partial charge is 0.122 e. The Balaban J connectivity index is 2.77. The third-order valence-electron chi connectivity index (χ3n) is 3.07. The number of aliphatic hydroxyl groups excluding tert-OH is 1. The van der Waals surface area contributed by atoms with Gasteiger partial charge in [0.05, 0.1) is 13.2 Å². The van der Waals surface area contributed by atoms with Crippen molar-refractivity contribution in [2.24, 2.45) is 0 Å². The number of aliphatic hydroxyl groups is 1. The second-order valence-electron chi connectivity index (χ2n) is 4.35. The molecule has 1 N–H and O–H groups in total. The summed E-state index contributed by atoms with van der Waals surface area (Å²) in [6.45, 7) is 6.16. The van der Waals surface area contributed by atoms with E-state index < -0.39 is 0 Å². The van der Waals surface area contributed by atoms with Crippen LogP contribution >= 0.6 is 0 Å². The molecular formula is C14H22O2. The van der Waals surface area contributed by atoms with Crippen LogP contribution in [0.5, 0.6) is 5.75 Å². The van der Waals surface area contributed by atoms with Crippen molar-refractivity contribution in [3.8, 4) is 5.75 Å². The lowest BCUT2D eigenvalue weighted by Crippen LogP contribution is -2.06. The Labute approximate surface area is 98.3 Å². The maximum Gasteiger partial charge on any atom is 0.122 e. The maximum absolute atomic E-state index is 9.56. The van der Waals surface area contributed by atoms with E-state index in [1.54, 1.807) is 7.11 Å². The van der Waals surface area contributed by atoms with Crippen LogP contribution in [0.4, 0.5) is 0 Å². The van der Waals surface area contributed by atoms with Crippen LogP contribution in [0.3, 0.4) is 0 Å². The van der Waals surface area contributed by atoms with Crippen LogP contribution in [0.25, 0.3) is 0 Å². The van der Waals surface area contributed by atoms with Gasteiger partial charge in [-0.05, 0) is 55.9 Å². The molecule has 0 heterocycles. The lowest BCUT2D eigenvalue weighted by atomic mass is 9.98. The highest BCUT2D eigenvalue weighted by Crippen LogP contribution is 2.23. The van der Waals surface area contributed by atoms with E-state index in [4.69, 9.17) is 4.74 Å². The standard InChI is InChI=1S/C14H22O2/c1-5-13(15)7-6-12-8-11(3)14(16-4)9-10(12)2/h8-9,13,15H,5-7H2,1-4H3. The molecule has 0 aromatic heterocycles. The molecule has 0 aliphatic heterocycles. The zero-order chi connectivity index (χ0) is 12.1.